The van der Waals surface area contributed by atoms with Gasteiger partial charge < -0.3 is 16.4 Å². The summed E-state index contributed by atoms with van der Waals surface area (Å²) in [5, 5.41) is 4.93. The van der Waals surface area contributed by atoms with E-state index in [4.69, 9.17) is 5.73 Å². The second-order valence-corrected chi connectivity index (χ2v) is 6.13. The summed E-state index contributed by atoms with van der Waals surface area (Å²) in [6.45, 7) is 3.51. The average molecular weight is 329 g/mol. The summed E-state index contributed by atoms with van der Waals surface area (Å²) in [5.41, 5.74) is 5.76. The molecular formula is C14H23N3O4S. The van der Waals surface area contributed by atoms with E-state index in [0.717, 1.165) is 5.75 Å². The van der Waals surface area contributed by atoms with E-state index >= 15 is 0 Å². The van der Waals surface area contributed by atoms with Crippen molar-refractivity contribution in [2.24, 2.45) is 11.7 Å². The van der Waals surface area contributed by atoms with Gasteiger partial charge in [0.1, 0.15) is 12.1 Å². The van der Waals surface area contributed by atoms with Gasteiger partial charge in [-0.25, -0.2) is 0 Å². The summed E-state index contributed by atoms with van der Waals surface area (Å²) in [4.78, 5) is 45.0. The Morgan fingerprint density at radius 1 is 1.18 bits per heavy atom. The van der Waals surface area contributed by atoms with Crippen LogP contribution in [-0.2, 0) is 19.2 Å². The first-order valence-corrected chi connectivity index (χ1v) is 8.34. The molecule has 0 fully saturated rings. The van der Waals surface area contributed by atoms with E-state index in [2.05, 4.69) is 10.6 Å². The molecule has 0 spiro atoms. The van der Waals surface area contributed by atoms with E-state index in [1.807, 2.05) is 6.26 Å². The van der Waals surface area contributed by atoms with Crippen LogP contribution in [0.4, 0.5) is 0 Å². The molecule has 3 unspecified atom stereocenters. The summed E-state index contributed by atoms with van der Waals surface area (Å²) in [5.74, 6) is -0.436. The van der Waals surface area contributed by atoms with Crippen molar-refractivity contribution in [1.29, 1.82) is 0 Å². The van der Waals surface area contributed by atoms with Gasteiger partial charge in [-0.05, 0) is 24.3 Å². The summed E-state index contributed by atoms with van der Waals surface area (Å²) >= 11 is 1.58. The van der Waals surface area contributed by atoms with Crippen LogP contribution in [0.5, 0.6) is 0 Å². The Kier molecular flexibility index (Phi) is 10.5. The highest BCUT2D eigenvalue weighted by molar-refractivity contribution is 7.98. The van der Waals surface area contributed by atoms with Crippen LogP contribution in [0, 0.1) is 5.92 Å². The number of thioether (sulfide) groups is 1. The molecule has 0 aromatic carbocycles. The Bertz CT molecular complexity index is 390. The normalized spacial score (nSPS) is 14.8. The number of carbonyl (C=O) groups excluding carboxylic acids is 4. The monoisotopic (exact) mass is 329 g/mol. The summed E-state index contributed by atoms with van der Waals surface area (Å²) < 4.78 is 0. The van der Waals surface area contributed by atoms with Gasteiger partial charge in [-0.3, -0.25) is 19.2 Å². The van der Waals surface area contributed by atoms with E-state index < -0.39 is 29.9 Å². The quantitative estimate of drug-likeness (QED) is 0.461. The highest BCUT2D eigenvalue weighted by atomic mass is 32.2. The molecule has 0 heterocycles. The van der Waals surface area contributed by atoms with Crippen molar-refractivity contribution in [3.8, 4) is 0 Å². The van der Waals surface area contributed by atoms with Gasteiger partial charge in [0.15, 0.2) is 0 Å². The molecule has 0 aliphatic carbocycles. The van der Waals surface area contributed by atoms with E-state index in [-0.39, 0.29) is 12.3 Å². The Morgan fingerprint density at radius 3 is 2.27 bits per heavy atom. The molecule has 0 aromatic heterocycles. The van der Waals surface area contributed by atoms with Gasteiger partial charge in [-0.15, -0.1) is 0 Å². The van der Waals surface area contributed by atoms with Crippen molar-refractivity contribution in [3.05, 3.63) is 0 Å². The Hall–Kier alpha value is -1.41. The minimum Gasteiger partial charge on any atom is -0.344 e. The molecule has 0 bridgehead atoms. The number of nitrogens with one attached hydrogen (secondary N) is 2. The van der Waals surface area contributed by atoms with E-state index in [1.54, 1.807) is 31.9 Å². The van der Waals surface area contributed by atoms with Gasteiger partial charge in [-0.2, -0.15) is 11.8 Å². The first kappa shape index (κ1) is 20.6. The molecule has 22 heavy (non-hydrogen) atoms. The number of hydrogen-bond acceptors (Lipinski definition) is 6. The molecule has 0 aliphatic heterocycles. The molecule has 0 aliphatic rings. The van der Waals surface area contributed by atoms with Crippen molar-refractivity contribution in [2.75, 3.05) is 12.0 Å². The second kappa shape index (κ2) is 11.2. The van der Waals surface area contributed by atoms with Crippen molar-refractivity contribution in [2.45, 2.75) is 44.8 Å². The molecule has 0 saturated heterocycles. The van der Waals surface area contributed by atoms with Crippen LogP contribution in [0.1, 0.15) is 26.7 Å². The number of hydrogen-bond donors (Lipinski definition) is 3. The average Bonchev–Trinajstić information content (AvgIpc) is 2.48. The van der Waals surface area contributed by atoms with Crippen LogP contribution < -0.4 is 16.4 Å². The van der Waals surface area contributed by atoms with E-state index in [0.29, 0.717) is 6.42 Å². The number of rotatable bonds is 11. The van der Waals surface area contributed by atoms with E-state index in [1.165, 1.54) is 6.29 Å². The Balaban J connectivity index is 4.70. The predicted molar refractivity (Wildman–Crippen MR) is 85.7 cm³/mol. The van der Waals surface area contributed by atoms with Crippen LogP contribution in [0.2, 0.25) is 0 Å². The zero-order valence-corrected chi connectivity index (χ0v) is 13.9. The molecule has 3 atom stereocenters. The third kappa shape index (κ3) is 7.56. The fourth-order valence-electron chi connectivity index (χ4n) is 1.64. The lowest BCUT2D eigenvalue weighted by Gasteiger charge is -2.24. The highest BCUT2D eigenvalue weighted by Crippen LogP contribution is 2.05. The molecule has 8 heteroatoms. The zero-order chi connectivity index (χ0) is 17.1. The standard InChI is InChI=1S/C14H23N3O4S/c1-9(2)12(14(21)16-10(8-19)4-6-18)17-13(20)11(15)5-7-22-3/h9-12H,4-5,7,15H2,1-3H3,(H,16,21)(H,17,20). The molecule has 7 nitrogen and oxygen atoms in total. The second-order valence-electron chi connectivity index (χ2n) is 5.15. The lowest BCUT2D eigenvalue weighted by Crippen LogP contribution is -2.55. The first-order valence-electron chi connectivity index (χ1n) is 6.95. The molecule has 2 amide bonds. The van der Waals surface area contributed by atoms with Crippen molar-refractivity contribution in [3.63, 3.8) is 0 Å². The third-order valence-corrected chi connectivity index (χ3v) is 3.61. The molecular weight excluding hydrogens is 306 g/mol. The van der Waals surface area contributed by atoms with Crippen LogP contribution in [0.15, 0.2) is 0 Å². The Labute approximate surface area is 135 Å². The zero-order valence-electron chi connectivity index (χ0n) is 13.0. The topological polar surface area (TPSA) is 118 Å². The lowest BCUT2D eigenvalue weighted by molar-refractivity contribution is -0.130. The van der Waals surface area contributed by atoms with Gasteiger partial charge in [0.05, 0.1) is 6.04 Å². The number of carbonyl (C=O) groups is 2. The van der Waals surface area contributed by atoms with Gasteiger partial charge in [-0.1, -0.05) is 13.8 Å². The van der Waals surface area contributed by atoms with Crippen LogP contribution in [-0.4, -0.2) is 54.5 Å². The maximum absolute atomic E-state index is 12.1. The summed E-state index contributed by atoms with van der Waals surface area (Å²) in [6, 6.07) is -2.60. The van der Waals surface area contributed by atoms with Gasteiger partial charge in [0, 0.05) is 6.42 Å². The SMILES string of the molecule is CSCCC(N)C(=O)NC(C(=O)NC([C]=O)C[C]=O)C(C)C. The van der Waals surface area contributed by atoms with Crippen molar-refractivity contribution in [1.82, 2.24) is 10.6 Å². The first-order chi connectivity index (χ1) is 10.4. The van der Waals surface area contributed by atoms with Gasteiger partial charge in [0.2, 0.25) is 24.4 Å². The van der Waals surface area contributed by atoms with Crippen LogP contribution >= 0.6 is 11.8 Å². The molecule has 4 N–H and O–H groups in total. The summed E-state index contributed by atoms with van der Waals surface area (Å²) in [6.07, 6.45) is 5.22. The minimum absolute atomic E-state index is 0.204. The molecule has 0 aromatic rings. The molecule has 2 radical (unpaired) electrons. The molecule has 0 saturated carbocycles. The number of amides is 2. The van der Waals surface area contributed by atoms with Crippen LogP contribution in [0.25, 0.3) is 0 Å². The third-order valence-electron chi connectivity index (χ3n) is 2.96. The van der Waals surface area contributed by atoms with Gasteiger partial charge >= 0.3 is 0 Å². The van der Waals surface area contributed by atoms with Crippen molar-refractivity contribution < 1.29 is 19.2 Å². The fourth-order valence-corrected chi connectivity index (χ4v) is 2.13. The summed E-state index contributed by atoms with van der Waals surface area (Å²) in [7, 11) is 0. The Morgan fingerprint density at radius 2 is 1.82 bits per heavy atom. The fraction of sp³-hybridized carbons (Fsp3) is 0.714. The van der Waals surface area contributed by atoms with Crippen molar-refractivity contribution >= 4 is 36.1 Å². The van der Waals surface area contributed by atoms with Gasteiger partial charge in [0.25, 0.3) is 0 Å². The number of nitrogens with two attached hydrogens (primary N) is 1. The lowest BCUT2D eigenvalue weighted by atomic mass is 10.0. The molecule has 0 rings (SSSR count). The van der Waals surface area contributed by atoms with Crippen LogP contribution in [0.3, 0.4) is 0 Å². The highest BCUT2D eigenvalue weighted by Gasteiger charge is 2.27. The van der Waals surface area contributed by atoms with E-state index in [9.17, 15) is 19.2 Å². The predicted octanol–water partition coefficient (Wildman–Crippen LogP) is -0.698. The largest absolute Gasteiger partial charge is 0.344 e. The minimum atomic E-state index is -1.06. The smallest absolute Gasteiger partial charge is 0.243 e. The maximum atomic E-state index is 12.1. The molecule has 124 valence electrons. The maximum Gasteiger partial charge on any atom is 0.243 e.